The lowest BCUT2D eigenvalue weighted by atomic mass is 9.87. The molecule has 1 aliphatic heterocycles. The van der Waals surface area contributed by atoms with Crippen LogP contribution in [0.15, 0.2) is 42.5 Å². The van der Waals surface area contributed by atoms with Crippen molar-refractivity contribution >= 4 is 11.9 Å². The summed E-state index contributed by atoms with van der Waals surface area (Å²) in [6, 6.07) is 12.9. The average Bonchev–Trinajstić information content (AvgIpc) is 3.13. The van der Waals surface area contributed by atoms with Gasteiger partial charge in [0.15, 0.2) is 11.5 Å². The number of hydrogen-bond acceptors (Lipinski definition) is 6. The van der Waals surface area contributed by atoms with Crippen LogP contribution in [-0.4, -0.2) is 33.2 Å². The Morgan fingerprint density at radius 1 is 1.23 bits per heavy atom. The first-order valence-electron chi connectivity index (χ1n) is 8.23. The van der Waals surface area contributed by atoms with Gasteiger partial charge in [-0.05, 0) is 24.3 Å². The minimum absolute atomic E-state index is 0.172. The van der Waals surface area contributed by atoms with Crippen LogP contribution >= 0.6 is 0 Å². The van der Waals surface area contributed by atoms with E-state index in [4.69, 9.17) is 9.47 Å². The van der Waals surface area contributed by atoms with Crippen LogP contribution in [0.25, 0.3) is 0 Å². The summed E-state index contributed by atoms with van der Waals surface area (Å²) in [6.07, 6.45) is 0. The maximum atomic E-state index is 13.1. The van der Waals surface area contributed by atoms with Crippen LogP contribution in [0.5, 0.6) is 17.2 Å². The number of carbonyl (C=O) groups excluding carboxylic acids is 1. The van der Waals surface area contributed by atoms with Crippen LogP contribution in [0.3, 0.4) is 0 Å². The lowest BCUT2D eigenvalue weighted by molar-refractivity contribution is -0.116. The number of rotatable bonds is 4. The Balaban J connectivity index is 1.76. The van der Waals surface area contributed by atoms with E-state index >= 15 is 0 Å². The third kappa shape index (κ3) is 2.65. The third-order valence-electron chi connectivity index (χ3n) is 4.22. The Kier molecular flexibility index (Phi) is 4.00. The molecule has 0 radical (unpaired) electrons. The molecule has 1 amide bonds. The van der Waals surface area contributed by atoms with Crippen molar-refractivity contribution in [2.45, 2.75) is 19.4 Å². The highest BCUT2D eigenvalue weighted by Crippen LogP contribution is 2.48. The van der Waals surface area contributed by atoms with Crippen LogP contribution in [0.1, 0.15) is 24.0 Å². The second-order valence-corrected chi connectivity index (χ2v) is 5.74. The fourth-order valence-corrected chi connectivity index (χ4v) is 3.01. The number of para-hydroxylation sites is 2. The number of tetrazole rings is 1. The Morgan fingerprint density at radius 3 is 2.81 bits per heavy atom. The fourth-order valence-electron chi connectivity index (χ4n) is 3.01. The highest BCUT2D eigenvalue weighted by atomic mass is 16.5. The molecule has 0 aliphatic carbocycles. The molecule has 2 heterocycles. The van der Waals surface area contributed by atoms with Crippen molar-refractivity contribution < 1.29 is 14.3 Å². The number of aryl methyl sites for hydroxylation is 1. The minimum atomic E-state index is -0.571. The number of carbonyl (C=O) groups is 1. The van der Waals surface area contributed by atoms with E-state index in [9.17, 15) is 4.79 Å². The van der Waals surface area contributed by atoms with Crippen LogP contribution in [0.2, 0.25) is 0 Å². The molecule has 1 aromatic heterocycles. The van der Waals surface area contributed by atoms with E-state index in [1.807, 2.05) is 43.3 Å². The molecule has 1 unspecified atom stereocenters. The molecule has 1 atom stereocenters. The van der Waals surface area contributed by atoms with Gasteiger partial charge >= 0.3 is 0 Å². The molecular formula is C18H17N5O3. The Morgan fingerprint density at radius 2 is 2.04 bits per heavy atom. The number of methoxy groups -OCH3 is 1. The van der Waals surface area contributed by atoms with Crippen molar-refractivity contribution in [3.05, 3.63) is 53.6 Å². The lowest BCUT2D eigenvalue weighted by Crippen LogP contribution is -2.25. The second kappa shape index (κ2) is 6.47. The van der Waals surface area contributed by atoms with E-state index in [0.29, 0.717) is 23.8 Å². The second-order valence-electron chi connectivity index (χ2n) is 5.74. The third-order valence-corrected chi connectivity index (χ3v) is 4.22. The maximum absolute atomic E-state index is 13.1. The average molecular weight is 351 g/mol. The standard InChI is InChI=1S/C18H17N5O3/c1-3-23-21-18(20-22-23)19-17(24)15-11-7-4-5-9-13(11)26-16-12(15)8-6-10-14(16)25-2/h4-10,15H,3H2,1-2H3,(H,19,21,24). The number of hydrogen-bond donors (Lipinski definition) is 1. The van der Waals surface area contributed by atoms with E-state index in [1.54, 1.807) is 13.2 Å². The topological polar surface area (TPSA) is 91.2 Å². The van der Waals surface area contributed by atoms with Crippen LogP contribution in [0.4, 0.5) is 5.95 Å². The summed E-state index contributed by atoms with van der Waals surface area (Å²) in [5, 5.41) is 14.6. The van der Waals surface area contributed by atoms with E-state index in [0.717, 1.165) is 11.1 Å². The first kappa shape index (κ1) is 16.1. The number of nitrogens with one attached hydrogen (secondary N) is 1. The van der Waals surface area contributed by atoms with Crippen LogP contribution in [0, 0.1) is 0 Å². The molecule has 0 bridgehead atoms. The molecule has 132 valence electrons. The summed E-state index contributed by atoms with van der Waals surface area (Å²) in [6.45, 7) is 2.47. The van der Waals surface area contributed by atoms with Gasteiger partial charge in [0.05, 0.1) is 19.6 Å². The van der Waals surface area contributed by atoms with Gasteiger partial charge in [0, 0.05) is 11.1 Å². The Hall–Kier alpha value is -3.42. The predicted molar refractivity (Wildman–Crippen MR) is 93.5 cm³/mol. The summed E-state index contributed by atoms with van der Waals surface area (Å²) in [5.74, 6) is 1.08. The predicted octanol–water partition coefficient (Wildman–Crippen LogP) is 2.58. The smallest absolute Gasteiger partial charge is 0.270 e. The van der Waals surface area contributed by atoms with Gasteiger partial charge in [-0.2, -0.15) is 4.80 Å². The number of nitrogens with zero attached hydrogens (tertiary/aromatic N) is 4. The van der Waals surface area contributed by atoms with Gasteiger partial charge in [-0.25, -0.2) is 0 Å². The Bertz CT molecular complexity index is 969. The molecule has 8 nitrogen and oxygen atoms in total. The lowest BCUT2D eigenvalue weighted by Gasteiger charge is -2.28. The van der Waals surface area contributed by atoms with Gasteiger partial charge in [-0.15, -0.1) is 5.10 Å². The van der Waals surface area contributed by atoms with Gasteiger partial charge in [0.2, 0.25) is 5.91 Å². The first-order chi connectivity index (χ1) is 12.7. The molecule has 2 aromatic carbocycles. The highest BCUT2D eigenvalue weighted by molar-refractivity contribution is 5.98. The molecule has 3 aromatic rings. The van der Waals surface area contributed by atoms with E-state index < -0.39 is 5.92 Å². The summed E-state index contributed by atoms with van der Waals surface area (Å²) in [7, 11) is 1.57. The van der Waals surface area contributed by atoms with Crippen molar-refractivity contribution in [2.75, 3.05) is 12.4 Å². The number of benzene rings is 2. The summed E-state index contributed by atoms with van der Waals surface area (Å²) < 4.78 is 11.4. The molecule has 1 N–H and O–H groups in total. The van der Waals surface area contributed by atoms with Gasteiger partial charge < -0.3 is 9.47 Å². The molecule has 8 heteroatoms. The molecule has 0 saturated carbocycles. The van der Waals surface area contributed by atoms with Gasteiger partial charge in [-0.3, -0.25) is 10.1 Å². The summed E-state index contributed by atoms with van der Waals surface area (Å²) >= 11 is 0. The zero-order valence-electron chi connectivity index (χ0n) is 14.3. The van der Waals surface area contributed by atoms with E-state index in [1.165, 1.54) is 4.80 Å². The van der Waals surface area contributed by atoms with Crippen molar-refractivity contribution in [1.82, 2.24) is 20.2 Å². The van der Waals surface area contributed by atoms with E-state index in [2.05, 4.69) is 20.7 Å². The Labute approximate surface area is 149 Å². The largest absolute Gasteiger partial charge is 0.493 e. The molecular weight excluding hydrogens is 334 g/mol. The molecule has 26 heavy (non-hydrogen) atoms. The van der Waals surface area contributed by atoms with Gasteiger partial charge in [0.25, 0.3) is 5.95 Å². The monoisotopic (exact) mass is 351 g/mol. The number of anilines is 1. The molecule has 0 saturated heterocycles. The van der Waals surface area contributed by atoms with Crippen LogP contribution < -0.4 is 14.8 Å². The number of ether oxygens (including phenoxy) is 2. The number of fused-ring (bicyclic) bond motifs is 2. The van der Waals surface area contributed by atoms with Crippen molar-refractivity contribution in [3.63, 3.8) is 0 Å². The molecule has 4 rings (SSSR count). The summed E-state index contributed by atoms with van der Waals surface area (Å²) in [5.41, 5.74) is 1.50. The number of amides is 1. The van der Waals surface area contributed by atoms with E-state index in [-0.39, 0.29) is 11.9 Å². The molecule has 0 spiro atoms. The van der Waals surface area contributed by atoms with Gasteiger partial charge in [0.1, 0.15) is 5.75 Å². The molecule has 0 fully saturated rings. The molecule has 1 aliphatic rings. The zero-order valence-corrected chi connectivity index (χ0v) is 14.3. The fraction of sp³-hybridized carbons (Fsp3) is 0.222. The highest BCUT2D eigenvalue weighted by Gasteiger charge is 2.34. The normalized spacial score (nSPS) is 14.8. The van der Waals surface area contributed by atoms with Crippen molar-refractivity contribution in [1.29, 1.82) is 0 Å². The quantitative estimate of drug-likeness (QED) is 0.777. The van der Waals surface area contributed by atoms with Crippen molar-refractivity contribution in [3.8, 4) is 17.2 Å². The minimum Gasteiger partial charge on any atom is -0.493 e. The maximum Gasteiger partial charge on any atom is 0.270 e. The van der Waals surface area contributed by atoms with Crippen molar-refractivity contribution in [2.24, 2.45) is 0 Å². The number of aromatic nitrogens is 4. The SMILES string of the molecule is CCn1nnc(NC(=O)C2c3ccccc3Oc3c(OC)cccc32)n1. The summed E-state index contributed by atoms with van der Waals surface area (Å²) in [4.78, 5) is 14.5. The van der Waals surface area contributed by atoms with Crippen LogP contribution in [-0.2, 0) is 11.3 Å². The first-order valence-corrected chi connectivity index (χ1v) is 8.23. The van der Waals surface area contributed by atoms with Gasteiger partial charge in [-0.1, -0.05) is 35.4 Å². The zero-order chi connectivity index (χ0) is 18.1.